The van der Waals surface area contributed by atoms with Crippen molar-refractivity contribution in [2.45, 2.75) is 56.7 Å². The first kappa shape index (κ1) is 19.3. The van der Waals surface area contributed by atoms with Crippen molar-refractivity contribution in [3.05, 3.63) is 23.4 Å². The van der Waals surface area contributed by atoms with Gasteiger partial charge in [-0.15, -0.1) is 0 Å². The first-order chi connectivity index (χ1) is 13.6. The maximum absolute atomic E-state index is 10.1. The molecule has 2 aromatic heterocycles. The third-order valence-electron chi connectivity index (χ3n) is 5.58. The summed E-state index contributed by atoms with van der Waals surface area (Å²) in [5.74, 6) is 1.44. The van der Waals surface area contributed by atoms with E-state index in [1.165, 1.54) is 0 Å². The van der Waals surface area contributed by atoms with E-state index in [2.05, 4.69) is 30.6 Å². The zero-order valence-electron chi connectivity index (χ0n) is 15.6. The van der Waals surface area contributed by atoms with Crippen LogP contribution < -0.4 is 10.6 Å². The number of anilines is 2. The predicted molar refractivity (Wildman–Crippen MR) is 107 cm³/mol. The molecular formula is C19H25ClN6O2. The van der Waals surface area contributed by atoms with E-state index < -0.39 is 6.10 Å². The number of nitrogens with one attached hydrogen (secondary N) is 2. The molecule has 9 heteroatoms. The quantitative estimate of drug-likeness (QED) is 0.542. The second-order valence-electron chi connectivity index (χ2n) is 7.53. The van der Waals surface area contributed by atoms with Gasteiger partial charge < -0.3 is 20.8 Å². The molecule has 2 aliphatic carbocycles. The molecule has 2 saturated carbocycles. The minimum Gasteiger partial charge on any atom is -0.396 e. The molecule has 8 nitrogen and oxygen atoms in total. The molecule has 2 aromatic rings. The van der Waals surface area contributed by atoms with E-state index >= 15 is 0 Å². The lowest BCUT2D eigenvalue weighted by atomic mass is 10.1. The molecule has 0 bridgehead atoms. The molecule has 0 aliphatic heterocycles. The van der Waals surface area contributed by atoms with Gasteiger partial charge in [0.05, 0.1) is 12.1 Å². The van der Waals surface area contributed by atoms with Gasteiger partial charge >= 0.3 is 0 Å². The van der Waals surface area contributed by atoms with Gasteiger partial charge in [-0.2, -0.15) is 15.0 Å². The fraction of sp³-hybridized carbons (Fsp3) is 0.579. The topological polar surface area (TPSA) is 116 Å². The van der Waals surface area contributed by atoms with Crippen molar-refractivity contribution in [1.82, 2.24) is 19.9 Å². The largest absolute Gasteiger partial charge is 0.396 e. The molecule has 150 valence electrons. The van der Waals surface area contributed by atoms with Gasteiger partial charge in [-0.3, -0.25) is 0 Å². The van der Waals surface area contributed by atoms with E-state index in [-0.39, 0.29) is 24.6 Å². The Bertz CT molecular complexity index is 823. The third kappa shape index (κ3) is 4.34. The Morgan fingerprint density at radius 1 is 0.929 bits per heavy atom. The highest BCUT2D eigenvalue weighted by Crippen LogP contribution is 2.29. The average Bonchev–Trinajstić information content (AvgIpc) is 3.30. The van der Waals surface area contributed by atoms with Crippen LogP contribution in [0.2, 0.25) is 5.15 Å². The van der Waals surface area contributed by atoms with E-state index in [1.54, 1.807) is 18.2 Å². The predicted octanol–water partition coefficient (Wildman–Crippen LogP) is 2.49. The normalized spacial score (nSPS) is 27.1. The summed E-state index contributed by atoms with van der Waals surface area (Å²) in [5.41, 5.74) is 0.554. The molecule has 4 atom stereocenters. The van der Waals surface area contributed by atoms with Crippen molar-refractivity contribution in [3.8, 4) is 11.5 Å². The highest BCUT2D eigenvalue weighted by Gasteiger charge is 2.29. The second-order valence-corrected chi connectivity index (χ2v) is 7.91. The lowest BCUT2D eigenvalue weighted by molar-refractivity contribution is 0.171. The van der Waals surface area contributed by atoms with Crippen LogP contribution in [0.1, 0.15) is 38.5 Å². The molecule has 28 heavy (non-hydrogen) atoms. The van der Waals surface area contributed by atoms with Gasteiger partial charge in [-0.1, -0.05) is 24.1 Å². The van der Waals surface area contributed by atoms with Gasteiger partial charge in [0.1, 0.15) is 10.8 Å². The van der Waals surface area contributed by atoms with Gasteiger partial charge in [0.15, 0.2) is 5.82 Å². The highest BCUT2D eigenvalue weighted by molar-refractivity contribution is 6.29. The number of nitrogens with zero attached hydrogens (tertiary/aromatic N) is 4. The van der Waals surface area contributed by atoms with Crippen LogP contribution in [0.5, 0.6) is 0 Å². The number of hydrogen-bond acceptors (Lipinski definition) is 8. The summed E-state index contributed by atoms with van der Waals surface area (Å²) in [7, 11) is 0. The van der Waals surface area contributed by atoms with Crippen molar-refractivity contribution in [3.63, 3.8) is 0 Å². The second kappa shape index (κ2) is 8.55. The van der Waals surface area contributed by atoms with Crippen LogP contribution in [0, 0.1) is 5.92 Å². The SMILES string of the molecule is OCC1CCCC1Nc1nc(NC2CCCC2O)nc(-c2cccc(Cl)n2)n1. The van der Waals surface area contributed by atoms with Crippen LogP contribution in [0.3, 0.4) is 0 Å². The van der Waals surface area contributed by atoms with E-state index in [4.69, 9.17) is 11.6 Å². The van der Waals surface area contributed by atoms with E-state index in [1.807, 2.05) is 0 Å². The highest BCUT2D eigenvalue weighted by atomic mass is 35.5. The molecular weight excluding hydrogens is 380 g/mol. The molecule has 0 aromatic carbocycles. The Morgan fingerprint density at radius 3 is 2.32 bits per heavy atom. The molecule has 4 N–H and O–H groups in total. The Balaban J connectivity index is 1.64. The summed E-state index contributed by atoms with van der Waals surface area (Å²) in [4.78, 5) is 17.9. The van der Waals surface area contributed by atoms with Gasteiger partial charge in [0, 0.05) is 18.6 Å². The Morgan fingerprint density at radius 2 is 1.64 bits per heavy atom. The number of aromatic nitrogens is 4. The van der Waals surface area contributed by atoms with Crippen molar-refractivity contribution < 1.29 is 10.2 Å². The number of pyridine rings is 1. The van der Waals surface area contributed by atoms with E-state index in [9.17, 15) is 10.2 Å². The molecule has 4 rings (SSSR count). The number of hydrogen-bond donors (Lipinski definition) is 4. The van der Waals surface area contributed by atoms with Gasteiger partial charge in [-0.25, -0.2) is 4.98 Å². The van der Waals surface area contributed by atoms with Crippen LogP contribution in [0.25, 0.3) is 11.5 Å². The molecule has 0 radical (unpaired) electrons. The Hall–Kier alpha value is -2.03. The summed E-state index contributed by atoms with van der Waals surface area (Å²) >= 11 is 6.03. The average molecular weight is 405 g/mol. The number of halogens is 1. The number of rotatable bonds is 6. The van der Waals surface area contributed by atoms with E-state index in [0.29, 0.717) is 28.6 Å². The summed E-state index contributed by atoms with van der Waals surface area (Å²) in [6.45, 7) is 0.144. The zero-order chi connectivity index (χ0) is 19.5. The van der Waals surface area contributed by atoms with Gasteiger partial charge in [0.25, 0.3) is 0 Å². The molecule has 0 spiro atoms. The summed E-state index contributed by atoms with van der Waals surface area (Å²) < 4.78 is 0. The monoisotopic (exact) mass is 404 g/mol. The molecule has 4 unspecified atom stereocenters. The molecule has 0 saturated heterocycles. The molecule has 2 heterocycles. The first-order valence-electron chi connectivity index (χ1n) is 9.83. The van der Waals surface area contributed by atoms with Crippen molar-refractivity contribution >= 4 is 23.5 Å². The zero-order valence-corrected chi connectivity index (χ0v) is 16.3. The van der Waals surface area contributed by atoms with Crippen molar-refractivity contribution in [1.29, 1.82) is 0 Å². The van der Waals surface area contributed by atoms with E-state index in [0.717, 1.165) is 38.5 Å². The van der Waals surface area contributed by atoms with Gasteiger partial charge in [-0.05, 0) is 44.2 Å². The lowest BCUT2D eigenvalue weighted by Gasteiger charge is -2.21. The number of aliphatic hydroxyl groups excluding tert-OH is 2. The molecule has 0 amide bonds. The van der Waals surface area contributed by atoms with Crippen LogP contribution in [0.15, 0.2) is 18.2 Å². The van der Waals surface area contributed by atoms with Crippen molar-refractivity contribution in [2.24, 2.45) is 5.92 Å². The summed E-state index contributed by atoms with van der Waals surface area (Å²) in [5, 5.41) is 26.7. The summed E-state index contributed by atoms with van der Waals surface area (Å²) in [6, 6.07) is 5.34. The van der Waals surface area contributed by atoms with Gasteiger partial charge in [0.2, 0.25) is 11.9 Å². The maximum Gasteiger partial charge on any atom is 0.228 e. The standard InChI is InChI=1S/C19H25ClN6O2/c20-16-9-3-7-14(21-16)17-24-18(22-12-5-1-4-11(12)10-27)26-19(25-17)23-13-6-2-8-15(13)28/h3,7,9,11-13,15,27-28H,1-2,4-6,8,10H2,(H2,22,23,24,25,26). The fourth-order valence-electron chi connectivity index (χ4n) is 4.04. The van der Waals surface area contributed by atoms with Crippen LogP contribution in [0.4, 0.5) is 11.9 Å². The maximum atomic E-state index is 10.1. The van der Waals surface area contributed by atoms with Crippen LogP contribution in [-0.4, -0.2) is 54.9 Å². The van der Waals surface area contributed by atoms with Crippen molar-refractivity contribution in [2.75, 3.05) is 17.2 Å². The Labute approximate surface area is 168 Å². The summed E-state index contributed by atoms with van der Waals surface area (Å²) in [6.07, 6.45) is 5.22. The van der Waals surface area contributed by atoms with Crippen LogP contribution >= 0.6 is 11.6 Å². The lowest BCUT2D eigenvalue weighted by Crippen LogP contribution is -2.30. The molecule has 2 fully saturated rings. The smallest absolute Gasteiger partial charge is 0.228 e. The van der Waals surface area contributed by atoms with Crippen LogP contribution in [-0.2, 0) is 0 Å². The Kier molecular flexibility index (Phi) is 5.89. The molecule has 2 aliphatic rings. The first-order valence-corrected chi connectivity index (χ1v) is 10.2. The minimum atomic E-state index is -0.408. The number of aliphatic hydroxyl groups is 2. The minimum absolute atomic E-state index is 0.0768. The third-order valence-corrected chi connectivity index (χ3v) is 5.79. The fourth-order valence-corrected chi connectivity index (χ4v) is 4.20.